The molecule has 0 aliphatic carbocycles. The monoisotopic (exact) mass is 247 g/mol. The molecule has 0 atom stereocenters. The van der Waals surface area contributed by atoms with Crippen LogP contribution in [0.3, 0.4) is 0 Å². The summed E-state index contributed by atoms with van der Waals surface area (Å²) in [4.78, 5) is 15.1. The van der Waals surface area contributed by atoms with Gasteiger partial charge in [-0.3, -0.25) is 4.79 Å². The summed E-state index contributed by atoms with van der Waals surface area (Å²) in [5.74, 6) is -1.26. The Morgan fingerprint density at radius 1 is 1.47 bits per heavy atom. The summed E-state index contributed by atoms with van der Waals surface area (Å²) >= 11 is 1.23. The average Bonchev–Trinajstić information content (AvgIpc) is 2.76. The van der Waals surface area contributed by atoms with E-state index in [1.165, 1.54) is 23.5 Å². The van der Waals surface area contributed by atoms with Crippen LogP contribution in [0.4, 0.5) is 9.39 Å². The van der Waals surface area contributed by atoms with E-state index in [1.807, 2.05) is 6.07 Å². The topological polar surface area (TPSA) is 65.8 Å². The Labute approximate surface area is 100 Å². The Kier molecular flexibility index (Phi) is 3.12. The Morgan fingerprint density at radius 3 is 3.00 bits per heavy atom. The highest BCUT2D eigenvalue weighted by Gasteiger charge is 2.11. The number of nitrogens with one attached hydrogen (secondary N) is 1. The van der Waals surface area contributed by atoms with Crippen LogP contribution in [-0.2, 0) is 0 Å². The van der Waals surface area contributed by atoms with Crippen molar-refractivity contribution in [3.05, 3.63) is 46.9 Å². The SMILES string of the molecule is N#Cc1ccsc1NC(=O)c1cccc(F)n1. The zero-order valence-electron chi connectivity index (χ0n) is 8.48. The van der Waals surface area contributed by atoms with Gasteiger partial charge in [0.15, 0.2) is 0 Å². The molecule has 0 aromatic carbocycles. The number of hydrogen-bond donors (Lipinski definition) is 1. The van der Waals surface area contributed by atoms with Crippen molar-refractivity contribution in [2.75, 3.05) is 5.32 Å². The molecule has 4 nitrogen and oxygen atoms in total. The lowest BCUT2D eigenvalue weighted by Gasteiger charge is -2.02. The summed E-state index contributed by atoms with van der Waals surface area (Å²) in [5.41, 5.74) is 0.349. The number of carbonyl (C=O) groups is 1. The second-order valence-electron chi connectivity index (χ2n) is 3.07. The number of thiophene rings is 1. The van der Waals surface area contributed by atoms with Crippen molar-refractivity contribution in [3.8, 4) is 6.07 Å². The minimum absolute atomic E-state index is 0.0257. The van der Waals surface area contributed by atoms with Crippen LogP contribution in [0, 0.1) is 17.3 Å². The fourth-order valence-corrected chi connectivity index (χ4v) is 1.93. The molecule has 0 unspecified atom stereocenters. The number of carbonyl (C=O) groups excluding carboxylic acids is 1. The third-order valence-electron chi connectivity index (χ3n) is 1.96. The molecule has 1 amide bonds. The fraction of sp³-hybridized carbons (Fsp3) is 0. The first kappa shape index (κ1) is 11.2. The summed E-state index contributed by atoms with van der Waals surface area (Å²) in [5, 5.41) is 13.4. The van der Waals surface area contributed by atoms with Gasteiger partial charge in [0.1, 0.15) is 16.8 Å². The lowest BCUT2D eigenvalue weighted by molar-refractivity contribution is 0.102. The molecule has 0 bridgehead atoms. The third-order valence-corrected chi connectivity index (χ3v) is 2.79. The standard InChI is InChI=1S/C11H6FN3OS/c12-9-3-1-2-8(14-9)10(16)15-11-7(6-13)4-5-17-11/h1-5H,(H,15,16). The van der Waals surface area contributed by atoms with Gasteiger partial charge in [0.05, 0.1) is 5.56 Å². The molecule has 0 aliphatic rings. The highest BCUT2D eigenvalue weighted by molar-refractivity contribution is 7.14. The van der Waals surface area contributed by atoms with Gasteiger partial charge in [-0.15, -0.1) is 11.3 Å². The number of hydrogen-bond acceptors (Lipinski definition) is 4. The first-order valence-corrected chi connectivity index (χ1v) is 5.50. The highest BCUT2D eigenvalue weighted by Crippen LogP contribution is 2.22. The summed E-state index contributed by atoms with van der Waals surface area (Å²) in [6.07, 6.45) is 0. The third kappa shape index (κ3) is 2.46. The van der Waals surface area contributed by atoms with Crippen LogP contribution in [-0.4, -0.2) is 10.9 Å². The molecular formula is C11H6FN3OS. The van der Waals surface area contributed by atoms with E-state index in [4.69, 9.17) is 5.26 Å². The molecule has 0 saturated heterocycles. The Hall–Kier alpha value is -2.26. The maximum absolute atomic E-state index is 12.8. The molecule has 1 N–H and O–H groups in total. The van der Waals surface area contributed by atoms with E-state index >= 15 is 0 Å². The van der Waals surface area contributed by atoms with Gasteiger partial charge >= 0.3 is 0 Å². The van der Waals surface area contributed by atoms with Crippen LogP contribution in [0.5, 0.6) is 0 Å². The van der Waals surface area contributed by atoms with Crippen LogP contribution < -0.4 is 5.32 Å². The second kappa shape index (κ2) is 4.72. The van der Waals surface area contributed by atoms with Crippen molar-refractivity contribution in [1.29, 1.82) is 5.26 Å². The number of halogens is 1. The molecule has 6 heteroatoms. The maximum atomic E-state index is 12.8. The maximum Gasteiger partial charge on any atom is 0.275 e. The van der Waals surface area contributed by atoms with Gasteiger partial charge in [0, 0.05) is 0 Å². The van der Waals surface area contributed by atoms with Crippen LogP contribution in [0.2, 0.25) is 0 Å². The molecule has 0 aliphatic heterocycles. The van der Waals surface area contributed by atoms with Gasteiger partial charge in [-0.25, -0.2) is 4.98 Å². The van der Waals surface area contributed by atoms with Gasteiger partial charge in [0.25, 0.3) is 5.91 Å². The summed E-state index contributed by atoms with van der Waals surface area (Å²) in [7, 11) is 0. The van der Waals surface area contributed by atoms with Gasteiger partial charge in [-0.2, -0.15) is 9.65 Å². The predicted octanol–water partition coefficient (Wildman–Crippen LogP) is 2.41. The van der Waals surface area contributed by atoms with E-state index in [-0.39, 0.29) is 5.69 Å². The fourth-order valence-electron chi connectivity index (χ4n) is 1.20. The quantitative estimate of drug-likeness (QED) is 0.829. The average molecular weight is 247 g/mol. The number of aromatic nitrogens is 1. The van der Waals surface area contributed by atoms with E-state index in [0.29, 0.717) is 10.6 Å². The Balaban J connectivity index is 2.21. The zero-order valence-corrected chi connectivity index (χ0v) is 9.29. The smallest absolute Gasteiger partial charge is 0.275 e. The molecule has 2 aromatic rings. The van der Waals surface area contributed by atoms with Crippen molar-refractivity contribution in [3.63, 3.8) is 0 Å². The summed E-state index contributed by atoms with van der Waals surface area (Å²) in [6, 6.07) is 7.50. The second-order valence-corrected chi connectivity index (χ2v) is 3.99. The van der Waals surface area contributed by atoms with Crippen molar-refractivity contribution < 1.29 is 9.18 Å². The zero-order chi connectivity index (χ0) is 12.3. The highest BCUT2D eigenvalue weighted by atomic mass is 32.1. The molecule has 0 saturated carbocycles. The van der Waals surface area contributed by atoms with Crippen LogP contribution in [0.25, 0.3) is 0 Å². The minimum atomic E-state index is -0.718. The molecular weight excluding hydrogens is 241 g/mol. The van der Waals surface area contributed by atoms with Gasteiger partial charge in [-0.1, -0.05) is 6.07 Å². The van der Waals surface area contributed by atoms with Crippen LogP contribution in [0.1, 0.15) is 16.1 Å². The van der Waals surface area contributed by atoms with Crippen molar-refractivity contribution in [1.82, 2.24) is 4.98 Å². The number of anilines is 1. The Morgan fingerprint density at radius 2 is 2.29 bits per heavy atom. The number of pyridine rings is 1. The molecule has 2 rings (SSSR count). The van der Waals surface area contributed by atoms with E-state index in [1.54, 1.807) is 11.4 Å². The largest absolute Gasteiger partial charge is 0.311 e. The number of amides is 1. The lowest BCUT2D eigenvalue weighted by atomic mass is 10.3. The van der Waals surface area contributed by atoms with Crippen LogP contribution >= 0.6 is 11.3 Å². The van der Waals surface area contributed by atoms with Crippen molar-refractivity contribution in [2.45, 2.75) is 0 Å². The minimum Gasteiger partial charge on any atom is -0.311 e. The van der Waals surface area contributed by atoms with Crippen molar-refractivity contribution in [2.24, 2.45) is 0 Å². The van der Waals surface area contributed by atoms with E-state index in [0.717, 1.165) is 6.07 Å². The van der Waals surface area contributed by atoms with E-state index in [2.05, 4.69) is 10.3 Å². The number of rotatable bonds is 2. The molecule has 2 heterocycles. The number of nitriles is 1. The van der Waals surface area contributed by atoms with E-state index in [9.17, 15) is 9.18 Å². The van der Waals surface area contributed by atoms with Gasteiger partial charge in [-0.05, 0) is 23.6 Å². The molecule has 17 heavy (non-hydrogen) atoms. The molecule has 0 spiro atoms. The summed E-state index contributed by atoms with van der Waals surface area (Å²) < 4.78 is 12.8. The van der Waals surface area contributed by atoms with Crippen molar-refractivity contribution >= 4 is 22.2 Å². The predicted molar refractivity (Wildman–Crippen MR) is 61.2 cm³/mol. The van der Waals surface area contributed by atoms with E-state index < -0.39 is 11.9 Å². The first-order valence-electron chi connectivity index (χ1n) is 4.62. The first-order chi connectivity index (χ1) is 8.20. The molecule has 0 radical (unpaired) electrons. The molecule has 84 valence electrons. The van der Waals surface area contributed by atoms with Crippen LogP contribution in [0.15, 0.2) is 29.6 Å². The molecule has 0 fully saturated rings. The molecule has 2 aromatic heterocycles. The normalized spacial score (nSPS) is 9.65. The van der Waals surface area contributed by atoms with Gasteiger partial charge < -0.3 is 5.32 Å². The van der Waals surface area contributed by atoms with Gasteiger partial charge in [0.2, 0.25) is 5.95 Å². The lowest BCUT2D eigenvalue weighted by Crippen LogP contribution is -2.13. The Bertz CT molecular complexity index is 603. The summed E-state index contributed by atoms with van der Waals surface area (Å²) in [6.45, 7) is 0. The number of nitrogens with zero attached hydrogens (tertiary/aromatic N) is 2.